The summed E-state index contributed by atoms with van der Waals surface area (Å²) in [7, 11) is 1.61. The van der Waals surface area contributed by atoms with E-state index in [4.69, 9.17) is 0 Å². The number of carbonyl (C=O) groups excluding carboxylic acids is 1. The topological polar surface area (TPSA) is 58.4 Å². The molecule has 1 atom stereocenters. The smallest absolute Gasteiger partial charge is 0.258 e. The average Bonchev–Trinajstić information content (AvgIpc) is 2.83. The standard InChI is InChI=1S/C15H15F2N3O2/c1-19-7-12(15(22)20-5-4-10(20)8-21)14(18-19)11-6-9(16)2-3-13(11)17/h2-3,6-7,10,21H,4-5,8H2,1H3. The number of rotatable bonds is 3. The predicted octanol–water partition coefficient (Wildman–Crippen LogP) is 1.57. The molecular weight excluding hydrogens is 292 g/mol. The number of aliphatic hydroxyl groups is 1. The Balaban J connectivity index is 2.03. The van der Waals surface area contributed by atoms with Gasteiger partial charge >= 0.3 is 0 Å². The van der Waals surface area contributed by atoms with Crippen LogP contribution in [0.4, 0.5) is 8.78 Å². The van der Waals surface area contributed by atoms with E-state index in [1.54, 1.807) is 7.05 Å². The van der Waals surface area contributed by atoms with Crippen molar-refractivity contribution in [2.24, 2.45) is 7.05 Å². The third-order valence-electron chi connectivity index (χ3n) is 3.86. The van der Waals surface area contributed by atoms with Gasteiger partial charge in [0.15, 0.2) is 0 Å². The molecule has 0 aliphatic carbocycles. The number of aryl methyl sites for hydroxylation is 1. The fourth-order valence-electron chi connectivity index (χ4n) is 2.58. The molecule has 5 nitrogen and oxygen atoms in total. The van der Waals surface area contributed by atoms with Gasteiger partial charge in [-0.15, -0.1) is 0 Å². The summed E-state index contributed by atoms with van der Waals surface area (Å²) in [5.74, 6) is -1.58. The zero-order valence-corrected chi connectivity index (χ0v) is 12.0. The van der Waals surface area contributed by atoms with Crippen LogP contribution in [0.25, 0.3) is 11.3 Å². The lowest BCUT2D eigenvalue weighted by Crippen LogP contribution is -2.52. The van der Waals surface area contributed by atoms with Crippen molar-refractivity contribution in [1.29, 1.82) is 0 Å². The van der Waals surface area contributed by atoms with E-state index in [1.807, 2.05) is 0 Å². The van der Waals surface area contributed by atoms with Gasteiger partial charge in [-0.3, -0.25) is 9.48 Å². The highest BCUT2D eigenvalue weighted by Gasteiger charge is 2.34. The predicted molar refractivity (Wildman–Crippen MR) is 75.1 cm³/mol. The van der Waals surface area contributed by atoms with Gasteiger partial charge < -0.3 is 10.0 Å². The first-order valence-corrected chi connectivity index (χ1v) is 6.92. The first kappa shape index (κ1) is 14.6. The quantitative estimate of drug-likeness (QED) is 0.936. The first-order chi connectivity index (χ1) is 10.5. The molecule has 0 spiro atoms. The average molecular weight is 307 g/mol. The number of benzene rings is 1. The Labute approximate surface area is 125 Å². The fraction of sp³-hybridized carbons (Fsp3) is 0.333. The lowest BCUT2D eigenvalue weighted by Gasteiger charge is -2.39. The lowest BCUT2D eigenvalue weighted by molar-refractivity contribution is 0.0296. The largest absolute Gasteiger partial charge is 0.394 e. The van der Waals surface area contributed by atoms with Gasteiger partial charge in [0.1, 0.15) is 17.3 Å². The molecule has 1 N–H and O–H groups in total. The Morgan fingerprint density at radius 2 is 2.23 bits per heavy atom. The van der Waals surface area contributed by atoms with E-state index >= 15 is 0 Å². The van der Waals surface area contributed by atoms with E-state index in [2.05, 4.69) is 5.10 Å². The number of nitrogens with zero attached hydrogens (tertiary/aromatic N) is 3. The minimum Gasteiger partial charge on any atom is -0.394 e. The molecule has 1 aliphatic rings. The first-order valence-electron chi connectivity index (χ1n) is 6.92. The highest BCUT2D eigenvalue weighted by molar-refractivity contribution is 6.00. The van der Waals surface area contributed by atoms with E-state index in [-0.39, 0.29) is 35.4 Å². The fourth-order valence-corrected chi connectivity index (χ4v) is 2.58. The minimum atomic E-state index is -0.642. The Kier molecular flexibility index (Phi) is 3.66. The zero-order chi connectivity index (χ0) is 15.9. The van der Waals surface area contributed by atoms with Crippen LogP contribution >= 0.6 is 0 Å². The lowest BCUT2D eigenvalue weighted by atomic mass is 10.0. The number of likely N-dealkylation sites (tertiary alicyclic amines) is 1. The van der Waals surface area contributed by atoms with Gasteiger partial charge in [-0.25, -0.2) is 8.78 Å². The van der Waals surface area contributed by atoms with Crippen molar-refractivity contribution < 1.29 is 18.7 Å². The van der Waals surface area contributed by atoms with Crippen LogP contribution in [0.3, 0.4) is 0 Å². The second kappa shape index (κ2) is 5.49. The van der Waals surface area contributed by atoms with E-state index in [0.29, 0.717) is 6.54 Å². The third kappa shape index (κ3) is 2.37. The van der Waals surface area contributed by atoms with Gasteiger partial charge in [-0.2, -0.15) is 5.10 Å². The second-order valence-corrected chi connectivity index (χ2v) is 5.31. The maximum absolute atomic E-state index is 14.0. The maximum Gasteiger partial charge on any atom is 0.258 e. The van der Waals surface area contributed by atoms with Crippen LogP contribution in [-0.4, -0.2) is 44.9 Å². The second-order valence-electron chi connectivity index (χ2n) is 5.31. The molecule has 0 radical (unpaired) electrons. The Morgan fingerprint density at radius 3 is 2.86 bits per heavy atom. The molecule has 1 aliphatic heterocycles. The summed E-state index contributed by atoms with van der Waals surface area (Å²) in [4.78, 5) is 14.1. The van der Waals surface area contributed by atoms with Crippen LogP contribution in [0.15, 0.2) is 24.4 Å². The van der Waals surface area contributed by atoms with Crippen molar-refractivity contribution in [3.8, 4) is 11.3 Å². The van der Waals surface area contributed by atoms with Gasteiger partial charge in [0, 0.05) is 25.4 Å². The molecule has 3 rings (SSSR count). The summed E-state index contributed by atoms with van der Waals surface area (Å²) >= 11 is 0. The maximum atomic E-state index is 14.0. The molecule has 7 heteroatoms. The van der Waals surface area contributed by atoms with Crippen molar-refractivity contribution >= 4 is 5.91 Å². The van der Waals surface area contributed by atoms with Gasteiger partial charge in [-0.05, 0) is 24.6 Å². The number of aliphatic hydroxyl groups excluding tert-OH is 1. The van der Waals surface area contributed by atoms with E-state index in [0.717, 1.165) is 24.6 Å². The molecule has 1 amide bonds. The van der Waals surface area contributed by atoms with Gasteiger partial charge in [0.2, 0.25) is 0 Å². The highest BCUT2D eigenvalue weighted by atomic mass is 19.1. The van der Waals surface area contributed by atoms with Gasteiger partial charge in [-0.1, -0.05) is 0 Å². The highest BCUT2D eigenvalue weighted by Crippen LogP contribution is 2.29. The minimum absolute atomic E-state index is 0.0509. The molecule has 2 heterocycles. The third-order valence-corrected chi connectivity index (χ3v) is 3.86. The summed E-state index contributed by atoms with van der Waals surface area (Å²) in [5, 5.41) is 13.3. The van der Waals surface area contributed by atoms with Crippen molar-refractivity contribution in [2.45, 2.75) is 12.5 Å². The van der Waals surface area contributed by atoms with E-state index in [9.17, 15) is 18.7 Å². The van der Waals surface area contributed by atoms with Crippen LogP contribution in [0.2, 0.25) is 0 Å². The Bertz CT molecular complexity index is 728. The van der Waals surface area contributed by atoms with Crippen LogP contribution in [0.1, 0.15) is 16.8 Å². The molecule has 1 aromatic carbocycles. The van der Waals surface area contributed by atoms with Crippen molar-refractivity contribution in [3.63, 3.8) is 0 Å². The summed E-state index contributed by atoms with van der Waals surface area (Å²) in [6.07, 6.45) is 2.21. The number of amides is 1. The summed E-state index contributed by atoms with van der Waals surface area (Å²) in [5.41, 5.74) is 0.253. The molecule has 0 saturated carbocycles. The SMILES string of the molecule is Cn1cc(C(=O)N2CCC2CO)c(-c2cc(F)ccc2F)n1. The summed E-state index contributed by atoms with van der Waals surface area (Å²) in [6.45, 7) is 0.416. The molecule has 2 aromatic rings. The number of carbonyl (C=O) groups is 1. The molecule has 116 valence electrons. The van der Waals surface area contributed by atoms with Crippen LogP contribution in [0, 0.1) is 11.6 Å². The zero-order valence-electron chi connectivity index (χ0n) is 12.0. The molecular formula is C15H15F2N3O2. The normalized spacial score (nSPS) is 17.5. The molecule has 22 heavy (non-hydrogen) atoms. The van der Waals surface area contributed by atoms with Crippen LogP contribution in [0.5, 0.6) is 0 Å². The summed E-state index contributed by atoms with van der Waals surface area (Å²) in [6, 6.07) is 2.82. The van der Waals surface area contributed by atoms with E-state index in [1.165, 1.54) is 15.8 Å². The molecule has 1 saturated heterocycles. The van der Waals surface area contributed by atoms with Crippen LogP contribution < -0.4 is 0 Å². The number of aromatic nitrogens is 2. The Morgan fingerprint density at radius 1 is 1.45 bits per heavy atom. The van der Waals surface area contributed by atoms with E-state index < -0.39 is 11.6 Å². The molecule has 0 bridgehead atoms. The molecule has 1 fully saturated rings. The molecule has 1 unspecified atom stereocenters. The Hall–Kier alpha value is -2.28. The van der Waals surface area contributed by atoms with Crippen molar-refractivity contribution in [2.75, 3.05) is 13.2 Å². The number of hydrogen-bond donors (Lipinski definition) is 1. The number of halogens is 2. The van der Waals surface area contributed by atoms with Crippen molar-refractivity contribution in [1.82, 2.24) is 14.7 Å². The van der Waals surface area contributed by atoms with Gasteiger partial charge in [0.05, 0.1) is 18.2 Å². The molecule has 1 aromatic heterocycles. The van der Waals surface area contributed by atoms with Crippen molar-refractivity contribution in [3.05, 3.63) is 41.6 Å². The van der Waals surface area contributed by atoms with Gasteiger partial charge in [0.25, 0.3) is 5.91 Å². The number of hydrogen-bond acceptors (Lipinski definition) is 3. The summed E-state index contributed by atoms with van der Waals surface area (Å²) < 4.78 is 28.8. The van der Waals surface area contributed by atoms with Crippen LogP contribution in [-0.2, 0) is 7.05 Å². The monoisotopic (exact) mass is 307 g/mol.